The zero-order valence-electron chi connectivity index (χ0n) is 15.7. The number of nitrogen functional groups attached to an aromatic ring is 1. The highest BCUT2D eigenvalue weighted by atomic mass is 19.1. The first-order chi connectivity index (χ1) is 13.3. The number of amides is 2. The van der Waals surface area contributed by atoms with Crippen molar-refractivity contribution in [1.82, 2.24) is 4.90 Å². The first-order valence-electron chi connectivity index (χ1n) is 8.77. The Balaban J connectivity index is 1.97. The molecule has 0 spiro atoms. The van der Waals surface area contributed by atoms with Gasteiger partial charge < -0.3 is 20.7 Å². The van der Waals surface area contributed by atoms with Gasteiger partial charge in [0.15, 0.2) is 6.61 Å². The standard InChI is InChI=1S/C20H22FN3O4/c1-3-24(4-2)19(26)13-6-5-7-15(10-13)23-18(25)12-28-20(27)16-9-8-14(21)11-17(16)22/h5-11H,3-4,12,22H2,1-2H3,(H,23,25). The monoisotopic (exact) mass is 387 g/mol. The average Bonchev–Trinajstić information content (AvgIpc) is 2.67. The number of rotatable bonds is 7. The van der Waals surface area contributed by atoms with Crippen LogP contribution in [0, 0.1) is 5.82 Å². The summed E-state index contributed by atoms with van der Waals surface area (Å²) in [4.78, 5) is 38.0. The van der Waals surface area contributed by atoms with Crippen LogP contribution in [0.3, 0.4) is 0 Å². The van der Waals surface area contributed by atoms with Gasteiger partial charge in [-0.3, -0.25) is 9.59 Å². The van der Waals surface area contributed by atoms with Crippen LogP contribution in [0.25, 0.3) is 0 Å². The number of nitrogens with one attached hydrogen (secondary N) is 1. The number of hydrogen-bond acceptors (Lipinski definition) is 5. The third-order valence-corrected chi connectivity index (χ3v) is 4.01. The first-order valence-corrected chi connectivity index (χ1v) is 8.77. The third-order valence-electron chi connectivity index (χ3n) is 4.01. The van der Waals surface area contributed by atoms with Gasteiger partial charge in [-0.1, -0.05) is 6.07 Å². The fraction of sp³-hybridized carbons (Fsp3) is 0.250. The van der Waals surface area contributed by atoms with E-state index in [4.69, 9.17) is 10.5 Å². The molecule has 148 valence electrons. The van der Waals surface area contributed by atoms with Crippen molar-refractivity contribution in [2.24, 2.45) is 0 Å². The number of hydrogen-bond donors (Lipinski definition) is 2. The fourth-order valence-electron chi connectivity index (χ4n) is 2.55. The molecule has 7 nitrogen and oxygen atoms in total. The molecule has 0 aliphatic rings. The maximum atomic E-state index is 13.0. The highest BCUT2D eigenvalue weighted by Crippen LogP contribution is 2.15. The van der Waals surface area contributed by atoms with Gasteiger partial charge in [0.1, 0.15) is 5.82 Å². The summed E-state index contributed by atoms with van der Waals surface area (Å²) in [6.07, 6.45) is 0. The fourth-order valence-corrected chi connectivity index (χ4v) is 2.55. The molecule has 0 saturated carbocycles. The van der Waals surface area contributed by atoms with Crippen molar-refractivity contribution in [1.29, 1.82) is 0 Å². The van der Waals surface area contributed by atoms with Crippen molar-refractivity contribution in [2.75, 3.05) is 30.7 Å². The Bertz CT molecular complexity index is 882. The Morgan fingerprint density at radius 1 is 1.11 bits per heavy atom. The second kappa shape index (κ2) is 9.50. The van der Waals surface area contributed by atoms with Gasteiger partial charge in [-0.15, -0.1) is 0 Å². The number of esters is 1. The second-order valence-corrected chi connectivity index (χ2v) is 5.91. The van der Waals surface area contributed by atoms with Crippen LogP contribution in [0.15, 0.2) is 42.5 Å². The van der Waals surface area contributed by atoms with Gasteiger partial charge in [0.2, 0.25) is 0 Å². The average molecular weight is 387 g/mol. The summed E-state index contributed by atoms with van der Waals surface area (Å²) in [6.45, 7) is 4.37. The molecule has 28 heavy (non-hydrogen) atoms. The lowest BCUT2D eigenvalue weighted by Gasteiger charge is -2.19. The molecule has 0 aliphatic carbocycles. The number of carbonyl (C=O) groups is 3. The minimum absolute atomic E-state index is 0.0268. The minimum atomic E-state index is -0.835. The van der Waals surface area contributed by atoms with E-state index < -0.39 is 24.3 Å². The number of halogens is 1. The quantitative estimate of drug-likeness (QED) is 0.562. The van der Waals surface area contributed by atoms with Crippen LogP contribution in [0.4, 0.5) is 15.8 Å². The minimum Gasteiger partial charge on any atom is -0.452 e. The molecular formula is C20H22FN3O4. The Morgan fingerprint density at radius 2 is 1.82 bits per heavy atom. The van der Waals surface area contributed by atoms with Crippen LogP contribution in [-0.2, 0) is 9.53 Å². The number of nitrogens with zero attached hydrogens (tertiary/aromatic N) is 1. The van der Waals surface area contributed by atoms with Crippen LogP contribution >= 0.6 is 0 Å². The van der Waals surface area contributed by atoms with E-state index in [0.29, 0.717) is 24.3 Å². The highest BCUT2D eigenvalue weighted by Gasteiger charge is 2.15. The summed E-state index contributed by atoms with van der Waals surface area (Å²) in [6, 6.07) is 9.74. The molecule has 0 heterocycles. The van der Waals surface area contributed by atoms with Gasteiger partial charge in [-0.2, -0.15) is 0 Å². The Hall–Kier alpha value is -3.42. The smallest absolute Gasteiger partial charge is 0.340 e. The zero-order chi connectivity index (χ0) is 20.7. The topological polar surface area (TPSA) is 102 Å². The van der Waals surface area contributed by atoms with E-state index >= 15 is 0 Å². The van der Waals surface area contributed by atoms with E-state index in [2.05, 4.69) is 5.32 Å². The zero-order valence-corrected chi connectivity index (χ0v) is 15.7. The summed E-state index contributed by atoms with van der Waals surface area (Å²) in [5.41, 5.74) is 6.31. The Morgan fingerprint density at radius 3 is 2.46 bits per heavy atom. The first kappa shape index (κ1) is 20.9. The van der Waals surface area contributed by atoms with Crippen LogP contribution < -0.4 is 11.1 Å². The summed E-state index contributed by atoms with van der Waals surface area (Å²) >= 11 is 0. The maximum Gasteiger partial charge on any atom is 0.340 e. The number of ether oxygens (including phenoxy) is 1. The molecule has 0 bridgehead atoms. The van der Waals surface area contributed by atoms with E-state index in [-0.39, 0.29) is 17.2 Å². The van der Waals surface area contributed by atoms with Crippen molar-refractivity contribution < 1.29 is 23.5 Å². The molecule has 3 N–H and O–H groups in total. The van der Waals surface area contributed by atoms with Gasteiger partial charge >= 0.3 is 5.97 Å². The van der Waals surface area contributed by atoms with Crippen LogP contribution in [0.2, 0.25) is 0 Å². The van der Waals surface area contributed by atoms with Crippen molar-refractivity contribution >= 4 is 29.2 Å². The number of nitrogens with two attached hydrogens (primary N) is 1. The van der Waals surface area contributed by atoms with Crippen molar-refractivity contribution in [3.05, 3.63) is 59.4 Å². The van der Waals surface area contributed by atoms with E-state index in [1.54, 1.807) is 29.2 Å². The van der Waals surface area contributed by atoms with Crippen molar-refractivity contribution in [2.45, 2.75) is 13.8 Å². The van der Waals surface area contributed by atoms with Crippen LogP contribution in [0.1, 0.15) is 34.6 Å². The summed E-state index contributed by atoms with van der Waals surface area (Å²) in [5, 5.41) is 2.56. The maximum absolute atomic E-state index is 13.0. The molecule has 8 heteroatoms. The molecule has 0 radical (unpaired) electrons. The molecule has 2 aromatic carbocycles. The summed E-state index contributed by atoms with van der Waals surface area (Å²) < 4.78 is 17.9. The van der Waals surface area contributed by atoms with Gasteiger partial charge in [-0.05, 0) is 50.2 Å². The predicted molar refractivity (Wildman–Crippen MR) is 103 cm³/mol. The highest BCUT2D eigenvalue weighted by molar-refractivity contribution is 5.99. The largest absolute Gasteiger partial charge is 0.452 e. The van der Waals surface area contributed by atoms with Gasteiger partial charge in [0.05, 0.1) is 5.56 Å². The third kappa shape index (κ3) is 5.29. The lowest BCUT2D eigenvalue weighted by molar-refractivity contribution is -0.119. The molecule has 0 fully saturated rings. The SMILES string of the molecule is CCN(CC)C(=O)c1cccc(NC(=O)COC(=O)c2ccc(F)cc2N)c1. The molecular weight excluding hydrogens is 365 g/mol. The molecule has 0 atom stereocenters. The Kier molecular flexibility index (Phi) is 7.08. The second-order valence-electron chi connectivity index (χ2n) is 5.91. The molecule has 0 unspecified atom stereocenters. The molecule has 0 saturated heterocycles. The molecule has 2 aromatic rings. The number of anilines is 2. The van der Waals surface area contributed by atoms with E-state index in [1.165, 1.54) is 6.07 Å². The Labute approximate surface area is 162 Å². The summed E-state index contributed by atoms with van der Waals surface area (Å²) in [5.74, 6) is -2.13. The van der Waals surface area contributed by atoms with Gasteiger partial charge in [-0.25, -0.2) is 9.18 Å². The molecule has 2 amide bonds. The molecule has 2 rings (SSSR count). The van der Waals surface area contributed by atoms with Gasteiger partial charge in [0, 0.05) is 30.0 Å². The lowest BCUT2D eigenvalue weighted by atomic mass is 10.1. The van der Waals surface area contributed by atoms with E-state index in [1.807, 2.05) is 13.8 Å². The van der Waals surface area contributed by atoms with E-state index in [0.717, 1.165) is 12.1 Å². The van der Waals surface area contributed by atoms with Crippen molar-refractivity contribution in [3.8, 4) is 0 Å². The predicted octanol–water partition coefficient (Wildman–Crippen LogP) is 2.69. The van der Waals surface area contributed by atoms with Crippen molar-refractivity contribution in [3.63, 3.8) is 0 Å². The molecule has 0 aliphatic heterocycles. The van der Waals surface area contributed by atoms with Crippen LogP contribution in [0.5, 0.6) is 0 Å². The van der Waals surface area contributed by atoms with Gasteiger partial charge in [0.25, 0.3) is 11.8 Å². The summed E-state index contributed by atoms with van der Waals surface area (Å²) in [7, 11) is 0. The number of benzene rings is 2. The normalized spacial score (nSPS) is 10.2. The van der Waals surface area contributed by atoms with Crippen LogP contribution in [-0.4, -0.2) is 42.4 Å². The van der Waals surface area contributed by atoms with E-state index in [9.17, 15) is 18.8 Å². The number of carbonyl (C=O) groups excluding carboxylic acids is 3. The molecule has 0 aromatic heterocycles. The lowest BCUT2D eigenvalue weighted by Crippen LogP contribution is -2.30.